The number of imide groups is 2. The van der Waals surface area contributed by atoms with Crippen molar-refractivity contribution in [2.75, 3.05) is 31.7 Å². The molecule has 19 nitrogen and oxygen atoms in total. The molecule has 0 aliphatic carbocycles. The van der Waals surface area contributed by atoms with Crippen LogP contribution in [0.2, 0.25) is 0 Å². The molecular weight excluding hydrogens is 765 g/mol. The van der Waals surface area contributed by atoms with Crippen molar-refractivity contribution in [3.63, 3.8) is 0 Å². The van der Waals surface area contributed by atoms with Gasteiger partial charge in [0, 0.05) is 36.0 Å². The third-order valence-corrected chi connectivity index (χ3v) is 10.1. The molecule has 0 radical (unpaired) electrons. The molecule has 0 bridgehead atoms. The molecule has 302 valence electrons. The van der Waals surface area contributed by atoms with Gasteiger partial charge in [0.05, 0.1) is 60.4 Å². The first-order valence-corrected chi connectivity index (χ1v) is 18.9. The lowest BCUT2D eigenvalue weighted by Gasteiger charge is -2.27. The van der Waals surface area contributed by atoms with E-state index in [1.165, 1.54) is 6.07 Å². The molecule has 5 aromatic rings. The highest BCUT2D eigenvalue weighted by Gasteiger charge is 2.45. The first kappa shape index (κ1) is 38.6. The van der Waals surface area contributed by atoms with Crippen LogP contribution in [0.3, 0.4) is 0 Å². The van der Waals surface area contributed by atoms with Crippen molar-refractivity contribution in [1.29, 1.82) is 0 Å². The van der Waals surface area contributed by atoms with Crippen LogP contribution in [0.1, 0.15) is 63.2 Å². The number of hydrogen-bond donors (Lipinski definition) is 5. The van der Waals surface area contributed by atoms with Crippen molar-refractivity contribution in [3.8, 4) is 5.88 Å². The normalized spacial score (nSPS) is 16.7. The number of benzene rings is 3. The van der Waals surface area contributed by atoms with E-state index < -0.39 is 35.6 Å². The van der Waals surface area contributed by atoms with Crippen molar-refractivity contribution in [3.05, 3.63) is 101 Å². The highest BCUT2D eigenvalue weighted by molar-refractivity contribution is 6.58. The zero-order valence-corrected chi connectivity index (χ0v) is 31.5. The van der Waals surface area contributed by atoms with Crippen molar-refractivity contribution in [2.24, 2.45) is 10.1 Å². The lowest BCUT2D eigenvalue weighted by Crippen LogP contribution is -2.54. The fraction of sp³-hybridized carbons (Fsp3) is 0.275. The molecule has 59 heavy (non-hydrogen) atoms. The predicted octanol–water partition coefficient (Wildman–Crippen LogP) is 2.66. The number of rotatable bonds is 16. The number of para-hydroxylation sites is 2. The number of carbonyl (C=O) groups excluding carboxylic acids is 5. The van der Waals surface area contributed by atoms with Gasteiger partial charge in [0.15, 0.2) is 0 Å². The Balaban J connectivity index is 0.886. The molecule has 3 aliphatic rings. The number of anilines is 1. The van der Waals surface area contributed by atoms with E-state index in [-0.39, 0.29) is 56.0 Å². The molecule has 5 heterocycles. The number of fused-ring (bicyclic) bond motifs is 3. The maximum absolute atomic E-state index is 13.3. The van der Waals surface area contributed by atoms with Crippen LogP contribution in [0.15, 0.2) is 83.1 Å². The number of piperidine rings is 1. The van der Waals surface area contributed by atoms with Gasteiger partial charge in [-0.2, -0.15) is 0 Å². The van der Waals surface area contributed by atoms with E-state index in [1.54, 1.807) is 33.1 Å². The quantitative estimate of drug-likeness (QED) is 0.0419. The summed E-state index contributed by atoms with van der Waals surface area (Å²) in [5.41, 5.74) is 6.42. The van der Waals surface area contributed by atoms with Gasteiger partial charge in [-0.25, -0.2) is 15.2 Å². The molecule has 19 heteroatoms. The molecule has 5 amide bonds. The summed E-state index contributed by atoms with van der Waals surface area (Å²) in [7, 11) is 0. The van der Waals surface area contributed by atoms with Crippen molar-refractivity contribution in [2.45, 2.75) is 44.8 Å². The van der Waals surface area contributed by atoms with Gasteiger partial charge in [-0.1, -0.05) is 52.8 Å². The Hall–Kier alpha value is -7.25. The number of hydroxylamine groups is 1. The molecular formula is C40H38N10O9. The van der Waals surface area contributed by atoms with E-state index in [9.17, 15) is 29.1 Å². The molecule has 1 fully saturated rings. The number of nitrogens with zero attached hydrogens (tertiary/aromatic N) is 7. The summed E-state index contributed by atoms with van der Waals surface area (Å²) in [5, 5.41) is 39.6. The van der Waals surface area contributed by atoms with Gasteiger partial charge in [-0.3, -0.25) is 39.4 Å². The standard InChI is InChI=1S/C40H38N10O9/c51-31-15-14-30(37(53)43-31)50-38(54)26-9-5-11-28(33(26)40(50)56)41-16-19-58-20-17-48-21-23(44-47-48)22-49-29-12-4-2-8-25(29)34(39(49)55)36-35(24-7-1-3-10-27(24)42-36)46-59-18-6-13-32(52)45-57/h1-5,7-12,21,30,41,55,57H,6,13-20,22H2,(H,45,52)(H,43,51,53). The maximum atomic E-state index is 13.3. The Morgan fingerprint density at radius 2 is 1.76 bits per heavy atom. The lowest BCUT2D eigenvalue weighted by atomic mass is 10.0. The third-order valence-electron chi connectivity index (χ3n) is 10.1. The van der Waals surface area contributed by atoms with Crippen molar-refractivity contribution in [1.82, 2.24) is 35.3 Å². The van der Waals surface area contributed by atoms with E-state index in [4.69, 9.17) is 19.8 Å². The number of hydrogen-bond acceptors (Lipinski definition) is 14. The summed E-state index contributed by atoms with van der Waals surface area (Å²) in [6, 6.07) is 18.8. The van der Waals surface area contributed by atoms with Gasteiger partial charge in [-0.05, 0) is 37.1 Å². The SMILES string of the molecule is O=C(CCCON=C1C(c2c(O)n(Cc3cn(CCOCCNc4cccc5c4C(=O)N(C4CCC(=O)NC4=O)C5=O)nn3)c3ccccc23)=Nc2ccccc21)NO. The zero-order chi connectivity index (χ0) is 41.0. The number of nitrogens with one attached hydrogen (secondary N) is 3. The van der Waals surface area contributed by atoms with Crippen LogP contribution in [0.5, 0.6) is 5.88 Å². The average Bonchev–Trinajstić information content (AvgIpc) is 3.98. The van der Waals surface area contributed by atoms with Gasteiger partial charge >= 0.3 is 0 Å². The monoisotopic (exact) mass is 802 g/mol. The molecule has 1 saturated heterocycles. The fourth-order valence-corrected chi connectivity index (χ4v) is 7.35. The summed E-state index contributed by atoms with van der Waals surface area (Å²) >= 11 is 0. The Labute approximate surface area is 335 Å². The molecule has 1 unspecified atom stereocenters. The predicted molar refractivity (Wildman–Crippen MR) is 209 cm³/mol. The molecule has 5 N–H and O–H groups in total. The lowest BCUT2D eigenvalue weighted by molar-refractivity contribution is -0.136. The Kier molecular flexibility index (Phi) is 10.9. The third kappa shape index (κ3) is 7.63. The number of amides is 5. The van der Waals surface area contributed by atoms with Crippen molar-refractivity contribution >= 4 is 63.2 Å². The van der Waals surface area contributed by atoms with Gasteiger partial charge in [-0.15, -0.1) is 5.10 Å². The molecule has 1 atom stereocenters. The number of aromatic hydroxyl groups is 1. The minimum absolute atomic E-state index is 0.0393. The average molecular weight is 803 g/mol. The molecule has 8 rings (SSSR count). The van der Waals surface area contributed by atoms with Crippen LogP contribution < -0.4 is 16.1 Å². The summed E-state index contributed by atoms with van der Waals surface area (Å²) < 4.78 is 9.18. The minimum Gasteiger partial charge on any atom is -0.494 e. The second kappa shape index (κ2) is 16.7. The summed E-state index contributed by atoms with van der Waals surface area (Å²) in [5.74, 6) is -2.84. The minimum atomic E-state index is -1.05. The number of ether oxygens (including phenoxy) is 1. The van der Waals surface area contributed by atoms with Crippen LogP contribution in [0.25, 0.3) is 10.9 Å². The fourth-order valence-electron chi connectivity index (χ4n) is 7.35. The highest BCUT2D eigenvalue weighted by Crippen LogP contribution is 2.38. The van der Waals surface area contributed by atoms with Gasteiger partial charge in [0.25, 0.3) is 11.8 Å². The van der Waals surface area contributed by atoms with E-state index in [0.29, 0.717) is 60.2 Å². The van der Waals surface area contributed by atoms with Crippen LogP contribution in [0.4, 0.5) is 11.4 Å². The number of aromatic nitrogens is 4. The highest BCUT2D eigenvalue weighted by atomic mass is 16.6. The summed E-state index contributed by atoms with van der Waals surface area (Å²) in [6.07, 6.45) is 2.26. The Bertz CT molecular complexity index is 2560. The van der Waals surface area contributed by atoms with Crippen LogP contribution in [-0.4, -0.2) is 108 Å². The Morgan fingerprint density at radius 1 is 0.949 bits per heavy atom. The summed E-state index contributed by atoms with van der Waals surface area (Å²) in [6.45, 7) is 1.56. The molecule has 3 aromatic carbocycles. The smallest absolute Gasteiger partial charge is 0.264 e. The van der Waals surface area contributed by atoms with Gasteiger partial charge < -0.3 is 24.6 Å². The first-order valence-electron chi connectivity index (χ1n) is 18.9. The maximum Gasteiger partial charge on any atom is 0.264 e. The number of oxime groups is 1. The van der Waals surface area contributed by atoms with Gasteiger partial charge in [0.1, 0.15) is 29.8 Å². The topological polar surface area (TPSA) is 244 Å². The number of aliphatic imine (C=N–C) groups is 1. The van der Waals surface area contributed by atoms with Crippen molar-refractivity contribution < 1.29 is 43.9 Å². The molecule has 3 aliphatic heterocycles. The van der Waals surface area contributed by atoms with E-state index in [1.807, 2.05) is 48.5 Å². The molecule has 2 aromatic heterocycles. The van der Waals surface area contributed by atoms with E-state index >= 15 is 0 Å². The second-order valence-electron chi connectivity index (χ2n) is 13.9. The van der Waals surface area contributed by atoms with E-state index in [0.717, 1.165) is 21.4 Å². The summed E-state index contributed by atoms with van der Waals surface area (Å²) in [4.78, 5) is 73.3. The zero-order valence-electron chi connectivity index (χ0n) is 31.5. The van der Waals surface area contributed by atoms with E-state index in [2.05, 4.69) is 26.1 Å². The molecule has 0 saturated carbocycles. The molecule has 0 spiro atoms. The van der Waals surface area contributed by atoms with Crippen LogP contribution >= 0.6 is 0 Å². The second-order valence-corrected chi connectivity index (χ2v) is 13.9. The van der Waals surface area contributed by atoms with Gasteiger partial charge in [0.2, 0.25) is 23.6 Å². The van der Waals surface area contributed by atoms with Crippen LogP contribution in [-0.2, 0) is 37.0 Å². The largest absolute Gasteiger partial charge is 0.494 e. The Morgan fingerprint density at radius 3 is 2.61 bits per heavy atom. The van der Waals surface area contributed by atoms with Crippen LogP contribution in [0, 0.1) is 0 Å². The first-order chi connectivity index (χ1) is 28.7. The number of carbonyl (C=O) groups is 5.